The number of nitriles is 2. The summed E-state index contributed by atoms with van der Waals surface area (Å²) in [7, 11) is 0. The van der Waals surface area contributed by atoms with Crippen LogP contribution in [0.2, 0.25) is 0 Å². The largest absolute Gasteiger partial charge is 0.444 e. The highest BCUT2D eigenvalue weighted by molar-refractivity contribution is 6.67. The molecule has 2 aromatic rings. The van der Waals surface area contributed by atoms with E-state index in [0.717, 1.165) is 24.3 Å². The summed E-state index contributed by atoms with van der Waals surface area (Å²) in [5.74, 6) is -1.06. The van der Waals surface area contributed by atoms with Crippen LogP contribution in [0.25, 0.3) is 0 Å². The molecule has 2 aliphatic heterocycles. The van der Waals surface area contributed by atoms with Crippen molar-refractivity contribution in [1.29, 1.82) is 10.5 Å². The zero-order valence-electron chi connectivity index (χ0n) is 32.9. The summed E-state index contributed by atoms with van der Waals surface area (Å²) in [5.41, 5.74) is -4.08. The first-order valence-electron chi connectivity index (χ1n) is 17.5. The van der Waals surface area contributed by atoms with Crippen LogP contribution in [0.1, 0.15) is 63.8 Å². The van der Waals surface area contributed by atoms with Gasteiger partial charge in [0.2, 0.25) is 11.1 Å². The van der Waals surface area contributed by atoms with Gasteiger partial charge in [-0.15, -0.1) is 23.2 Å². The van der Waals surface area contributed by atoms with Crippen LogP contribution in [0.4, 0.5) is 35.9 Å². The van der Waals surface area contributed by atoms with Gasteiger partial charge in [-0.1, -0.05) is 24.3 Å². The molecule has 2 aliphatic rings. The van der Waals surface area contributed by atoms with Crippen molar-refractivity contribution in [2.24, 2.45) is 0 Å². The number of hydrogen-bond donors (Lipinski definition) is 1. The lowest BCUT2D eigenvalue weighted by Crippen LogP contribution is -2.71. The fraction of sp³-hybridized carbons (Fsp3) is 0.526. The van der Waals surface area contributed by atoms with Gasteiger partial charge in [-0.2, -0.15) is 36.9 Å². The Hall–Kier alpha value is -4.49. The molecule has 0 aromatic heterocycles. The van der Waals surface area contributed by atoms with E-state index in [1.54, 1.807) is 41.5 Å². The van der Waals surface area contributed by atoms with E-state index in [9.17, 15) is 56.0 Å². The van der Waals surface area contributed by atoms with Crippen molar-refractivity contribution in [1.82, 2.24) is 20.0 Å². The second-order valence-corrected chi connectivity index (χ2v) is 16.3. The number of alkyl halides is 8. The Morgan fingerprint density at radius 3 is 1.42 bits per heavy atom. The summed E-state index contributed by atoms with van der Waals surface area (Å²) < 4.78 is 86.3. The number of carbonyl (C=O) groups excluding carboxylic acids is 4. The standard InChI is InChI=1S/C19H21ClF3N3O3.C17H20F3N3O2.C2H2Cl2O/c1-17(2,3)29-16(28)25-11-18(10-24,12-25)26(15(27)8-20)9-13-4-6-14(7-5-13)19(21,22)23;1-15(2,3)25-14(24)23-10-16(9-21,11-23)22-8-12-4-6-13(7-5-12)17(18,19)20;3-1-2(4)5/h4-7H,8-9,11-12H2,1-3H3;4-7,22H,8,10-11H2,1-3H3;1H2. The third-order valence-corrected chi connectivity index (χ3v) is 8.86. The average molecular weight is 900 g/mol. The summed E-state index contributed by atoms with van der Waals surface area (Å²) in [4.78, 5) is 49.8. The van der Waals surface area contributed by atoms with Crippen LogP contribution in [-0.4, -0.2) is 98.3 Å². The van der Waals surface area contributed by atoms with Crippen LogP contribution in [0.3, 0.4) is 0 Å². The van der Waals surface area contributed by atoms with Crippen LogP contribution in [0.15, 0.2) is 48.5 Å². The molecule has 0 unspecified atom stereocenters. The molecule has 0 aliphatic carbocycles. The third-order valence-electron chi connectivity index (χ3n) is 8.12. The molecular formula is C38H43Cl3F6N6O6. The lowest BCUT2D eigenvalue weighted by atomic mass is 9.88. The summed E-state index contributed by atoms with van der Waals surface area (Å²) in [5, 5.41) is 21.6. The molecule has 12 nitrogen and oxygen atoms in total. The van der Waals surface area contributed by atoms with Gasteiger partial charge in [0.05, 0.1) is 55.3 Å². The molecule has 0 radical (unpaired) electrons. The number of nitrogens with zero attached hydrogens (tertiary/aromatic N) is 5. The first-order chi connectivity index (χ1) is 27.0. The Morgan fingerprint density at radius 2 is 1.10 bits per heavy atom. The summed E-state index contributed by atoms with van der Waals surface area (Å²) in [6, 6.07) is 13.2. The fourth-order valence-corrected chi connectivity index (χ4v) is 5.38. The number of benzene rings is 2. The Balaban J connectivity index is 0.000000368. The number of amides is 3. The van der Waals surface area contributed by atoms with Gasteiger partial charge in [0.15, 0.2) is 5.54 Å². The zero-order chi connectivity index (χ0) is 45.2. The molecule has 1 N–H and O–H groups in total. The van der Waals surface area contributed by atoms with Crippen molar-refractivity contribution in [3.8, 4) is 12.1 Å². The number of rotatable bonds is 8. The zero-order valence-corrected chi connectivity index (χ0v) is 35.1. The van der Waals surface area contributed by atoms with E-state index < -0.39 is 75.0 Å². The van der Waals surface area contributed by atoms with E-state index in [4.69, 9.17) is 44.3 Å². The van der Waals surface area contributed by atoms with Gasteiger partial charge in [-0.25, -0.2) is 9.59 Å². The van der Waals surface area contributed by atoms with E-state index in [2.05, 4.69) is 17.5 Å². The maximum atomic E-state index is 12.7. The van der Waals surface area contributed by atoms with E-state index in [0.29, 0.717) is 11.1 Å². The fourth-order valence-electron chi connectivity index (χ4n) is 5.24. The minimum Gasteiger partial charge on any atom is -0.444 e. The van der Waals surface area contributed by atoms with Gasteiger partial charge in [0.25, 0.3) is 0 Å². The highest BCUT2D eigenvalue weighted by Crippen LogP contribution is 2.33. The number of ether oxygens (including phenoxy) is 2. The quantitative estimate of drug-likeness (QED) is 0.157. The van der Waals surface area contributed by atoms with Gasteiger partial charge in [0, 0.05) is 13.1 Å². The first-order valence-corrected chi connectivity index (χ1v) is 18.9. The molecule has 59 heavy (non-hydrogen) atoms. The predicted octanol–water partition coefficient (Wildman–Crippen LogP) is 8.08. The highest BCUT2D eigenvalue weighted by Gasteiger charge is 2.53. The van der Waals surface area contributed by atoms with Crippen LogP contribution >= 0.6 is 34.8 Å². The summed E-state index contributed by atoms with van der Waals surface area (Å²) in [6.07, 6.45) is -9.95. The topological polar surface area (TPSA) is 156 Å². The van der Waals surface area contributed by atoms with Gasteiger partial charge in [0.1, 0.15) is 22.6 Å². The SMILES string of the molecule is CC(C)(C)OC(=O)N1CC(C#N)(N(Cc2ccc(C(F)(F)F)cc2)C(=O)CCl)C1.CC(C)(C)OC(=O)N1CC(C#N)(NCc2ccc(C(F)(F)F)cc2)C1.O=C(Cl)CCl. The lowest BCUT2D eigenvalue weighted by Gasteiger charge is -2.51. The molecule has 3 amide bonds. The molecule has 0 bridgehead atoms. The molecule has 0 saturated carbocycles. The normalized spacial score (nSPS) is 15.5. The Kier molecular flexibility index (Phi) is 17.3. The molecular weight excluding hydrogens is 857 g/mol. The minimum atomic E-state index is -4.47. The van der Waals surface area contributed by atoms with Gasteiger partial charge in [-0.05, 0) is 88.5 Å². The molecule has 0 spiro atoms. The molecule has 2 aromatic carbocycles. The van der Waals surface area contributed by atoms with Crippen molar-refractivity contribution in [2.45, 2.75) is 89.3 Å². The summed E-state index contributed by atoms with van der Waals surface area (Å²) in [6.45, 7) is 10.7. The van der Waals surface area contributed by atoms with Crippen molar-refractivity contribution in [2.75, 3.05) is 37.9 Å². The smallest absolute Gasteiger partial charge is 0.416 e. The number of halogens is 9. The van der Waals surface area contributed by atoms with Gasteiger partial charge < -0.3 is 24.2 Å². The first kappa shape index (κ1) is 50.7. The van der Waals surface area contributed by atoms with Crippen molar-refractivity contribution < 1.29 is 55.0 Å². The molecule has 324 valence electrons. The Morgan fingerprint density at radius 1 is 0.712 bits per heavy atom. The molecule has 2 heterocycles. The monoisotopic (exact) mass is 898 g/mol. The lowest BCUT2D eigenvalue weighted by molar-refractivity contribution is -0.140. The van der Waals surface area contributed by atoms with Crippen molar-refractivity contribution in [3.63, 3.8) is 0 Å². The second kappa shape index (κ2) is 20.2. The van der Waals surface area contributed by atoms with E-state index in [-0.39, 0.29) is 45.1 Å². The third kappa shape index (κ3) is 15.6. The average Bonchev–Trinajstić information content (AvgIpc) is 3.09. The second-order valence-electron chi connectivity index (χ2n) is 15.4. The van der Waals surface area contributed by atoms with Crippen molar-refractivity contribution in [3.05, 3.63) is 70.8 Å². The van der Waals surface area contributed by atoms with Crippen LogP contribution < -0.4 is 5.32 Å². The van der Waals surface area contributed by atoms with E-state index in [1.807, 2.05) is 0 Å². The van der Waals surface area contributed by atoms with Crippen LogP contribution in [-0.2, 0) is 44.5 Å². The molecule has 4 rings (SSSR count). The maximum absolute atomic E-state index is 12.7. The maximum Gasteiger partial charge on any atom is 0.416 e. The number of nitrogens with one attached hydrogen (secondary N) is 1. The van der Waals surface area contributed by atoms with Gasteiger partial charge in [-0.3, -0.25) is 14.9 Å². The number of carbonyl (C=O) groups is 4. The predicted molar refractivity (Wildman–Crippen MR) is 205 cm³/mol. The van der Waals surface area contributed by atoms with Gasteiger partial charge >= 0.3 is 24.5 Å². The molecule has 2 fully saturated rings. The number of hydrogen-bond acceptors (Lipinski definition) is 9. The van der Waals surface area contributed by atoms with Crippen LogP contribution in [0.5, 0.6) is 0 Å². The molecule has 21 heteroatoms. The molecule has 0 atom stereocenters. The Labute approximate surface area is 352 Å². The van der Waals surface area contributed by atoms with Crippen LogP contribution in [0, 0.1) is 22.7 Å². The Bertz CT molecular complexity index is 1860. The highest BCUT2D eigenvalue weighted by atomic mass is 35.5. The molecule has 2 saturated heterocycles. The summed E-state index contributed by atoms with van der Waals surface area (Å²) >= 11 is 15.2. The van der Waals surface area contributed by atoms with E-state index >= 15 is 0 Å². The van der Waals surface area contributed by atoms with E-state index in [1.165, 1.54) is 39.0 Å². The van der Waals surface area contributed by atoms with Crippen molar-refractivity contribution >= 4 is 58.1 Å². The number of likely N-dealkylation sites (tertiary alicyclic amines) is 2. The minimum absolute atomic E-state index is 0.0817.